The minimum absolute atomic E-state index is 0.0372. The Labute approximate surface area is 175 Å². The maximum absolute atomic E-state index is 13.1. The number of aromatic hydroxyl groups is 1. The Morgan fingerprint density at radius 2 is 2.00 bits per heavy atom. The highest BCUT2D eigenvalue weighted by Crippen LogP contribution is 2.29. The fourth-order valence-electron chi connectivity index (χ4n) is 3.71. The van der Waals surface area contributed by atoms with E-state index < -0.39 is 0 Å². The average molecular weight is 408 g/mol. The maximum atomic E-state index is 13.1. The summed E-state index contributed by atoms with van der Waals surface area (Å²) in [5.41, 5.74) is 4.05. The predicted octanol–water partition coefficient (Wildman–Crippen LogP) is 3.68. The largest absolute Gasteiger partial charge is 0.508 e. The number of halogens is 1. The Balaban J connectivity index is 1.56. The van der Waals surface area contributed by atoms with E-state index in [0.717, 1.165) is 5.56 Å². The molecule has 1 aliphatic rings. The highest BCUT2D eigenvalue weighted by molar-refractivity contribution is 6.30. The molecule has 29 heavy (non-hydrogen) atoms. The van der Waals surface area contributed by atoms with Gasteiger partial charge in [0.05, 0.1) is 6.04 Å². The summed E-state index contributed by atoms with van der Waals surface area (Å²) in [4.78, 5) is 19.3. The van der Waals surface area contributed by atoms with Gasteiger partial charge in [0.25, 0.3) is 0 Å². The molecule has 0 bridgehead atoms. The van der Waals surface area contributed by atoms with Crippen molar-refractivity contribution in [3.05, 3.63) is 94.3 Å². The minimum Gasteiger partial charge on any atom is -0.508 e. The molecule has 0 aliphatic carbocycles. The zero-order valence-electron chi connectivity index (χ0n) is 15.9. The van der Waals surface area contributed by atoms with E-state index in [2.05, 4.69) is 27.3 Å². The smallest absolute Gasteiger partial charge is 0.237 e. The SMILES string of the molecule is O=C(NCc1cccnc1)C1Cc2ccccc2CN1Cc1cc(Cl)ccc1O. The summed E-state index contributed by atoms with van der Waals surface area (Å²) in [5.74, 6) is 0.146. The predicted molar refractivity (Wildman–Crippen MR) is 112 cm³/mol. The number of carbonyl (C=O) groups is 1. The van der Waals surface area contributed by atoms with Crippen LogP contribution < -0.4 is 5.32 Å². The summed E-state index contributed by atoms with van der Waals surface area (Å²) in [5, 5.41) is 13.8. The first kappa shape index (κ1) is 19.4. The number of hydrogen-bond acceptors (Lipinski definition) is 4. The van der Waals surface area contributed by atoms with Gasteiger partial charge in [0.1, 0.15) is 5.75 Å². The summed E-state index contributed by atoms with van der Waals surface area (Å²) >= 11 is 6.12. The number of phenols is 1. The van der Waals surface area contributed by atoms with Crippen LogP contribution in [0.1, 0.15) is 22.3 Å². The van der Waals surface area contributed by atoms with Crippen LogP contribution in [0.15, 0.2) is 67.0 Å². The van der Waals surface area contributed by atoms with Gasteiger partial charge in [-0.05, 0) is 47.4 Å². The summed E-state index contributed by atoms with van der Waals surface area (Å²) in [6, 6.07) is 16.6. The van der Waals surface area contributed by atoms with Crippen LogP contribution >= 0.6 is 11.6 Å². The van der Waals surface area contributed by atoms with E-state index in [1.54, 1.807) is 30.6 Å². The number of nitrogens with zero attached hydrogens (tertiary/aromatic N) is 2. The molecule has 1 aromatic heterocycles. The van der Waals surface area contributed by atoms with E-state index in [1.807, 2.05) is 24.3 Å². The van der Waals surface area contributed by atoms with Crippen LogP contribution in [0.4, 0.5) is 0 Å². The molecule has 0 saturated heterocycles. The lowest BCUT2D eigenvalue weighted by Crippen LogP contribution is -2.49. The van der Waals surface area contributed by atoms with Crippen LogP contribution in [-0.4, -0.2) is 26.9 Å². The van der Waals surface area contributed by atoms with Gasteiger partial charge in [-0.1, -0.05) is 41.9 Å². The van der Waals surface area contributed by atoms with Crippen LogP contribution in [0.2, 0.25) is 5.02 Å². The third-order valence-electron chi connectivity index (χ3n) is 5.25. The van der Waals surface area contributed by atoms with Gasteiger partial charge in [-0.3, -0.25) is 14.7 Å². The number of amides is 1. The summed E-state index contributed by atoms with van der Waals surface area (Å²) in [6.45, 7) is 1.50. The van der Waals surface area contributed by atoms with Gasteiger partial charge in [-0.25, -0.2) is 0 Å². The van der Waals surface area contributed by atoms with Gasteiger partial charge in [0.15, 0.2) is 0 Å². The molecule has 1 atom stereocenters. The zero-order chi connectivity index (χ0) is 20.2. The summed E-state index contributed by atoms with van der Waals surface area (Å²) < 4.78 is 0. The molecule has 0 saturated carbocycles. The van der Waals surface area contributed by atoms with E-state index in [9.17, 15) is 9.90 Å². The molecule has 0 spiro atoms. The van der Waals surface area contributed by atoms with Crippen LogP contribution in [0.5, 0.6) is 5.75 Å². The van der Waals surface area contributed by atoms with Crippen molar-refractivity contribution < 1.29 is 9.90 Å². The third kappa shape index (κ3) is 4.58. The molecule has 148 valence electrons. The second-order valence-electron chi connectivity index (χ2n) is 7.25. The molecule has 5 nitrogen and oxygen atoms in total. The van der Waals surface area contributed by atoms with E-state index in [-0.39, 0.29) is 17.7 Å². The van der Waals surface area contributed by atoms with E-state index in [4.69, 9.17) is 11.6 Å². The molecule has 1 aliphatic heterocycles. The molecular weight excluding hydrogens is 386 g/mol. The third-order valence-corrected chi connectivity index (χ3v) is 5.49. The lowest BCUT2D eigenvalue weighted by atomic mass is 9.93. The molecule has 3 aromatic rings. The van der Waals surface area contributed by atoms with Crippen molar-refractivity contribution in [2.75, 3.05) is 0 Å². The van der Waals surface area contributed by atoms with E-state index in [1.165, 1.54) is 11.1 Å². The van der Waals surface area contributed by atoms with Gasteiger partial charge in [-0.2, -0.15) is 0 Å². The Kier molecular flexibility index (Phi) is 5.79. The Hall–Kier alpha value is -2.89. The topological polar surface area (TPSA) is 65.5 Å². The molecule has 2 aromatic carbocycles. The maximum Gasteiger partial charge on any atom is 0.237 e. The lowest BCUT2D eigenvalue weighted by molar-refractivity contribution is -0.127. The number of carbonyl (C=O) groups excluding carboxylic acids is 1. The van der Waals surface area contributed by atoms with Gasteiger partial charge >= 0.3 is 0 Å². The fraction of sp³-hybridized carbons (Fsp3) is 0.217. The number of aromatic nitrogens is 1. The Morgan fingerprint density at radius 1 is 1.17 bits per heavy atom. The standard InChI is InChI=1S/C23H22ClN3O2/c24-20-7-8-22(28)19(10-20)15-27-14-18-6-2-1-5-17(18)11-21(27)23(29)26-13-16-4-3-9-25-12-16/h1-10,12,21,28H,11,13-15H2,(H,26,29). The van der Waals surface area contributed by atoms with Crippen molar-refractivity contribution in [2.45, 2.75) is 32.1 Å². The van der Waals surface area contributed by atoms with Crippen molar-refractivity contribution in [3.8, 4) is 5.75 Å². The average Bonchev–Trinajstić information content (AvgIpc) is 2.75. The normalized spacial score (nSPS) is 16.2. The van der Waals surface area contributed by atoms with Gasteiger partial charge < -0.3 is 10.4 Å². The summed E-state index contributed by atoms with van der Waals surface area (Å²) in [6.07, 6.45) is 4.08. The first-order valence-electron chi connectivity index (χ1n) is 9.55. The molecule has 2 heterocycles. The van der Waals surface area contributed by atoms with Gasteiger partial charge in [-0.15, -0.1) is 0 Å². The minimum atomic E-state index is -0.333. The van der Waals surface area contributed by atoms with Crippen molar-refractivity contribution in [3.63, 3.8) is 0 Å². The highest BCUT2D eigenvalue weighted by Gasteiger charge is 2.31. The quantitative estimate of drug-likeness (QED) is 0.677. The number of hydrogen-bond donors (Lipinski definition) is 2. The second-order valence-corrected chi connectivity index (χ2v) is 7.68. The number of benzene rings is 2. The second kappa shape index (κ2) is 8.64. The number of fused-ring (bicyclic) bond motifs is 1. The Bertz CT molecular complexity index is 1010. The van der Waals surface area contributed by atoms with Crippen LogP contribution in [0.3, 0.4) is 0 Å². The van der Waals surface area contributed by atoms with Gasteiger partial charge in [0.2, 0.25) is 5.91 Å². The molecular formula is C23H22ClN3O2. The number of phenolic OH excluding ortho intramolecular Hbond substituents is 1. The zero-order valence-corrected chi connectivity index (χ0v) is 16.6. The molecule has 4 rings (SSSR count). The van der Waals surface area contributed by atoms with Crippen molar-refractivity contribution >= 4 is 17.5 Å². The first-order valence-corrected chi connectivity index (χ1v) is 9.93. The van der Waals surface area contributed by atoms with Crippen molar-refractivity contribution in [2.24, 2.45) is 0 Å². The molecule has 0 radical (unpaired) electrons. The monoisotopic (exact) mass is 407 g/mol. The summed E-state index contributed by atoms with van der Waals surface area (Å²) in [7, 11) is 0. The van der Waals surface area contributed by atoms with Crippen molar-refractivity contribution in [1.29, 1.82) is 0 Å². The van der Waals surface area contributed by atoms with E-state index >= 15 is 0 Å². The first-order chi connectivity index (χ1) is 14.1. The van der Waals surface area contributed by atoms with Gasteiger partial charge in [0, 0.05) is 42.6 Å². The highest BCUT2D eigenvalue weighted by atomic mass is 35.5. The Morgan fingerprint density at radius 3 is 2.79 bits per heavy atom. The van der Waals surface area contributed by atoms with E-state index in [0.29, 0.717) is 36.6 Å². The van der Waals surface area contributed by atoms with Crippen molar-refractivity contribution in [1.82, 2.24) is 15.2 Å². The lowest BCUT2D eigenvalue weighted by Gasteiger charge is -2.36. The molecule has 6 heteroatoms. The number of rotatable bonds is 5. The molecule has 1 amide bonds. The van der Waals surface area contributed by atoms with Crippen LogP contribution in [0.25, 0.3) is 0 Å². The fourth-order valence-corrected chi connectivity index (χ4v) is 3.91. The molecule has 2 N–H and O–H groups in total. The number of nitrogens with one attached hydrogen (secondary N) is 1. The van der Waals surface area contributed by atoms with Crippen LogP contribution in [-0.2, 0) is 30.8 Å². The van der Waals surface area contributed by atoms with Crippen LogP contribution in [0, 0.1) is 0 Å². The molecule has 0 fully saturated rings. The molecule has 1 unspecified atom stereocenters. The number of pyridine rings is 1.